The van der Waals surface area contributed by atoms with Crippen molar-refractivity contribution in [2.45, 2.75) is 72.6 Å². The van der Waals surface area contributed by atoms with Crippen molar-refractivity contribution in [1.82, 2.24) is 0 Å². The standard InChI is InChI=1S/C55H48.C2H2/c1-7-8-9-10-11-14-38-25-36(6)45-30-49-41(26-46(38)45)27-47(39-21-32(2)19-33(3)22-39)55-50-31-52-44-18-13-16-37-15-12-17-43(53(37)44)51(52)29-42(50)28-48(54(49)55)40-23-34(4)20-35(5)24-40;1-2/h7-8,10-21,23-24,26-31,36,39H,9,22,25H2,1-6H3;1-2H/b8-7-,11-10-,38-14+;. The number of terminal acetylenes is 1. The predicted octanol–water partition coefficient (Wildman–Crippen LogP) is 16.3. The fourth-order valence-electron chi connectivity index (χ4n) is 10.4. The Morgan fingerprint density at radius 2 is 1.28 bits per heavy atom. The molecule has 0 aromatic heterocycles. The van der Waals surface area contributed by atoms with Gasteiger partial charge in [0, 0.05) is 5.92 Å². The summed E-state index contributed by atoms with van der Waals surface area (Å²) in [6, 6.07) is 36.1. The van der Waals surface area contributed by atoms with Crippen LogP contribution in [0.25, 0.3) is 82.0 Å². The van der Waals surface area contributed by atoms with Gasteiger partial charge >= 0.3 is 0 Å². The second kappa shape index (κ2) is 14.4. The van der Waals surface area contributed by atoms with Crippen LogP contribution in [0.4, 0.5) is 0 Å². The quantitative estimate of drug-likeness (QED) is 0.0938. The van der Waals surface area contributed by atoms with E-state index in [2.05, 4.69) is 188 Å². The van der Waals surface area contributed by atoms with Crippen LogP contribution in [0.3, 0.4) is 0 Å². The molecule has 0 heteroatoms. The van der Waals surface area contributed by atoms with E-state index in [-0.39, 0.29) is 0 Å². The van der Waals surface area contributed by atoms with Crippen LogP contribution in [0.1, 0.15) is 86.6 Å². The summed E-state index contributed by atoms with van der Waals surface area (Å²) in [5, 5.41) is 10.9. The highest BCUT2D eigenvalue weighted by molar-refractivity contribution is 6.27. The second-order valence-corrected chi connectivity index (χ2v) is 16.7. The molecule has 57 heavy (non-hydrogen) atoms. The third-order valence-corrected chi connectivity index (χ3v) is 12.6. The first-order valence-corrected chi connectivity index (χ1v) is 20.6. The zero-order valence-corrected chi connectivity index (χ0v) is 34.1. The summed E-state index contributed by atoms with van der Waals surface area (Å²) >= 11 is 0. The fraction of sp³-hybridized carbons (Fsp3) is 0.193. The normalized spacial score (nSPS) is 17.8. The summed E-state index contributed by atoms with van der Waals surface area (Å²) in [5.74, 6) is 0.758. The smallest absolute Gasteiger partial charge is 0.00674 e. The van der Waals surface area contributed by atoms with E-state index in [1.807, 2.05) is 0 Å². The van der Waals surface area contributed by atoms with E-state index >= 15 is 0 Å². The lowest BCUT2D eigenvalue weighted by Crippen LogP contribution is -2.04. The lowest BCUT2D eigenvalue weighted by molar-refractivity contribution is 0.811. The van der Waals surface area contributed by atoms with Crippen molar-refractivity contribution < 1.29 is 0 Å². The Kier molecular flexibility index (Phi) is 9.22. The van der Waals surface area contributed by atoms with E-state index in [9.17, 15) is 0 Å². The Hall–Kier alpha value is -6.16. The minimum Gasteiger partial charge on any atom is -0.124 e. The van der Waals surface area contributed by atoms with Crippen molar-refractivity contribution in [3.63, 3.8) is 0 Å². The molecule has 2 atom stereocenters. The zero-order chi connectivity index (χ0) is 39.5. The molecule has 278 valence electrons. The molecule has 7 aromatic carbocycles. The van der Waals surface area contributed by atoms with Crippen LogP contribution in [-0.4, -0.2) is 0 Å². The lowest BCUT2D eigenvalue weighted by Gasteiger charge is -2.25. The molecular formula is C57H50. The first-order chi connectivity index (χ1) is 27.7. The maximum atomic E-state index is 4.00. The van der Waals surface area contributed by atoms with Crippen LogP contribution in [0, 0.1) is 26.7 Å². The molecule has 0 saturated carbocycles. The van der Waals surface area contributed by atoms with E-state index in [1.165, 1.54) is 121 Å². The van der Waals surface area contributed by atoms with Crippen LogP contribution in [0.5, 0.6) is 0 Å². The molecule has 0 nitrogen and oxygen atoms in total. The van der Waals surface area contributed by atoms with Gasteiger partial charge in [-0.3, -0.25) is 0 Å². The maximum Gasteiger partial charge on any atom is 0.00674 e. The van der Waals surface area contributed by atoms with Gasteiger partial charge in [-0.25, -0.2) is 0 Å². The first kappa shape index (κ1) is 36.5. The second-order valence-electron chi connectivity index (χ2n) is 16.7. The van der Waals surface area contributed by atoms with Crippen molar-refractivity contribution in [1.29, 1.82) is 0 Å². The van der Waals surface area contributed by atoms with Crippen LogP contribution in [0.2, 0.25) is 0 Å². The van der Waals surface area contributed by atoms with Crippen LogP contribution in [-0.2, 0) is 0 Å². The van der Waals surface area contributed by atoms with Gasteiger partial charge in [0.25, 0.3) is 0 Å². The van der Waals surface area contributed by atoms with Crippen molar-refractivity contribution >= 4 is 48.7 Å². The van der Waals surface area contributed by atoms with Gasteiger partial charge in [-0.15, -0.1) is 12.8 Å². The topological polar surface area (TPSA) is 0 Å². The largest absolute Gasteiger partial charge is 0.124 e. The third kappa shape index (κ3) is 6.09. The van der Waals surface area contributed by atoms with E-state index < -0.39 is 0 Å². The average molecular weight is 735 g/mol. The number of hydrogen-bond donors (Lipinski definition) is 0. The molecule has 0 N–H and O–H groups in total. The number of allylic oxidation sites excluding steroid dienone is 10. The number of fused-ring (bicyclic) bond motifs is 9. The van der Waals surface area contributed by atoms with Gasteiger partial charge in [0.05, 0.1) is 0 Å². The predicted molar refractivity (Wildman–Crippen MR) is 250 cm³/mol. The van der Waals surface area contributed by atoms with E-state index in [0.29, 0.717) is 11.8 Å². The zero-order valence-electron chi connectivity index (χ0n) is 34.1. The van der Waals surface area contributed by atoms with Crippen molar-refractivity contribution in [3.05, 3.63) is 172 Å². The van der Waals surface area contributed by atoms with Gasteiger partial charge < -0.3 is 0 Å². The van der Waals surface area contributed by atoms with Gasteiger partial charge in [-0.2, -0.15) is 0 Å². The van der Waals surface area contributed by atoms with Crippen LogP contribution >= 0.6 is 0 Å². The molecule has 0 aliphatic heterocycles. The summed E-state index contributed by atoms with van der Waals surface area (Å²) in [6.07, 6.45) is 27.2. The van der Waals surface area contributed by atoms with Crippen LogP contribution in [0.15, 0.2) is 145 Å². The number of benzene rings is 7. The number of aryl methyl sites for hydroxylation is 2. The van der Waals surface area contributed by atoms with Gasteiger partial charge in [0.1, 0.15) is 0 Å². The van der Waals surface area contributed by atoms with E-state index in [1.54, 1.807) is 0 Å². The molecule has 0 amide bonds. The molecule has 0 fully saturated rings. The van der Waals surface area contributed by atoms with Crippen molar-refractivity contribution in [2.24, 2.45) is 0 Å². The van der Waals surface area contributed by atoms with Crippen LogP contribution < -0.4 is 0 Å². The molecule has 10 rings (SSSR count). The van der Waals surface area contributed by atoms with Gasteiger partial charge in [-0.05, 0) is 195 Å². The molecule has 0 saturated heterocycles. The van der Waals surface area contributed by atoms with Gasteiger partial charge in [0.15, 0.2) is 0 Å². The highest BCUT2D eigenvalue weighted by atomic mass is 14.3. The molecular weight excluding hydrogens is 685 g/mol. The summed E-state index contributed by atoms with van der Waals surface area (Å²) < 4.78 is 0. The lowest BCUT2D eigenvalue weighted by atomic mass is 9.78. The van der Waals surface area contributed by atoms with Crippen molar-refractivity contribution in [3.8, 4) is 46.2 Å². The summed E-state index contributed by atoms with van der Waals surface area (Å²) in [7, 11) is 0. The Balaban J connectivity index is 0.00000208. The highest BCUT2D eigenvalue weighted by Crippen LogP contribution is 2.53. The van der Waals surface area contributed by atoms with Crippen molar-refractivity contribution in [2.75, 3.05) is 0 Å². The first-order valence-electron chi connectivity index (χ1n) is 20.6. The average Bonchev–Trinajstić information content (AvgIpc) is 3.68. The van der Waals surface area contributed by atoms with Gasteiger partial charge in [0.2, 0.25) is 0 Å². The summed E-state index contributed by atoms with van der Waals surface area (Å²) in [4.78, 5) is 0. The van der Waals surface area contributed by atoms with E-state index in [0.717, 1.165) is 19.3 Å². The summed E-state index contributed by atoms with van der Waals surface area (Å²) in [5.41, 5.74) is 19.3. The SMILES string of the molecule is C#C.C/C=C\C/C=C\C=C1/CC(C)c2cc3c(cc21)cc(C1C=C(C)C=C(C)C1)c1c2cc4c(cc2cc(-c2cc(C)cc(C)c2)c31)-c1cccc2cccc-4c12. The minimum absolute atomic E-state index is 0.292. The Bertz CT molecular complexity index is 2980. The van der Waals surface area contributed by atoms with Gasteiger partial charge in [-0.1, -0.05) is 126 Å². The molecule has 0 radical (unpaired) electrons. The Morgan fingerprint density at radius 3 is 2.00 bits per heavy atom. The number of hydrogen-bond acceptors (Lipinski definition) is 0. The Morgan fingerprint density at radius 1 is 0.614 bits per heavy atom. The molecule has 0 spiro atoms. The Labute approximate surface area is 338 Å². The van der Waals surface area contributed by atoms with E-state index in [4.69, 9.17) is 0 Å². The molecule has 7 aromatic rings. The third-order valence-electron chi connectivity index (χ3n) is 12.6. The molecule has 2 unspecified atom stereocenters. The number of rotatable bonds is 5. The monoisotopic (exact) mass is 734 g/mol. The molecule has 3 aliphatic carbocycles. The summed E-state index contributed by atoms with van der Waals surface area (Å²) in [6.45, 7) is 13.6. The minimum atomic E-state index is 0.292. The maximum absolute atomic E-state index is 4.00. The molecule has 0 heterocycles. The fourth-order valence-corrected chi connectivity index (χ4v) is 10.4. The highest BCUT2D eigenvalue weighted by Gasteiger charge is 2.29. The molecule has 3 aliphatic rings. The molecule has 0 bridgehead atoms.